The quantitative estimate of drug-likeness (QED) is 0.563. The highest BCUT2D eigenvalue weighted by Crippen LogP contribution is 2.41. The minimum absolute atomic E-state index is 0.0765. The number of nitrogens with one attached hydrogen (secondary N) is 2. The Morgan fingerprint density at radius 3 is 2.59 bits per heavy atom. The minimum atomic E-state index is -3.79. The Morgan fingerprint density at radius 1 is 1.11 bits per heavy atom. The summed E-state index contributed by atoms with van der Waals surface area (Å²) in [6, 6.07) is 9.75. The third-order valence-corrected chi connectivity index (χ3v) is 9.06. The second-order valence-corrected chi connectivity index (χ2v) is 11.2. The van der Waals surface area contributed by atoms with E-state index in [0.717, 1.165) is 4.90 Å². The second kappa shape index (κ2) is 9.43. The van der Waals surface area contributed by atoms with Gasteiger partial charge in [-0.15, -0.1) is 0 Å². The van der Waals surface area contributed by atoms with E-state index >= 15 is 0 Å². The Kier molecular flexibility index (Phi) is 6.42. The standard InChI is InChI=1S/C25H28N4O7S/c1-16-7-8-18(15-21(16)37(33,34)28-10-13-35-14-11-28)26-22(30)17(2)29-23(31)25(27-24(29)32)9-12-36-20-6-4-3-5-19(20)25/h3-8,15,17H,9-14H2,1-2H3,(H,26,30)(H,27,32)/t17-,25+/m0/s1. The van der Waals surface area contributed by atoms with Crippen molar-refractivity contribution in [3.63, 3.8) is 0 Å². The molecule has 4 amide bonds. The molecule has 0 radical (unpaired) electrons. The highest BCUT2D eigenvalue weighted by atomic mass is 32.2. The SMILES string of the molecule is Cc1ccc(NC(=O)[C@H](C)N2C(=O)N[C@@]3(CCOc4ccccc43)C2=O)cc1S(=O)(=O)N1CCOCC1. The molecular formula is C25H28N4O7S. The largest absolute Gasteiger partial charge is 0.493 e. The van der Waals surface area contributed by atoms with Gasteiger partial charge in [0.2, 0.25) is 15.9 Å². The smallest absolute Gasteiger partial charge is 0.326 e. The van der Waals surface area contributed by atoms with Crippen molar-refractivity contribution in [3.8, 4) is 5.75 Å². The van der Waals surface area contributed by atoms with Gasteiger partial charge in [-0.1, -0.05) is 24.3 Å². The number of hydrogen-bond donors (Lipinski definition) is 2. The van der Waals surface area contributed by atoms with Crippen LogP contribution in [-0.4, -0.2) is 74.4 Å². The number of para-hydroxylation sites is 1. The molecule has 2 fully saturated rings. The van der Waals surface area contributed by atoms with Gasteiger partial charge in [0.05, 0.1) is 24.7 Å². The number of hydrogen-bond acceptors (Lipinski definition) is 7. The summed E-state index contributed by atoms with van der Waals surface area (Å²) < 4.78 is 38.6. The number of urea groups is 1. The number of fused-ring (bicyclic) bond motifs is 2. The van der Waals surface area contributed by atoms with Crippen molar-refractivity contribution in [1.29, 1.82) is 0 Å². The van der Waals surface area contributed by atoms with Crippen molar-refractivity contribution >= 4 is 33.6 Å². The van der Waals surface area contributed by atoms with Gasteiger partial charge >= 0.3 is 6.03 Å². The number of sulfonamides is 1. The van der Waals surface area contributed by atoms with E-state index in [9.17, 15) is 22.8 Å². The fraction of sp³-hybridized carbons (Fsp3) is 0.400. The molecule has 3 aliphatic heterocycles. The minimum Gasteiger partial charge on any atom is -0.493 e. The summed E-state index contributed by atoms with van der Waals surface area (Å²) in [5, 5.41) is 5.45. The molecule has 3 heterocycles. The van der Waals surface area contributed by atoms with E-state index in [4.69, 9.17) is 9.47 Å². The molecule has 2 atom stereocenters. The lowest BCUT2D eigenvalue weighted by Gasteiger charge is -2.33. The van der Waals surface area contributed by atoms with Crippen molar-refractivity contribution in [2.24, 2.45) is 0 Å². The lowest BCUT2D eigenvalue weighted by atomic mass is 9.84. The second-order valence-electron chi connectivity index (χ2n) is 9.27. The molecule has 2 aromatic carbocycles. The normalized spacial score (nSPS) is 22.8. The lowest BCUT2D eigenvalue weighted by Crippen LogP contribution is -2.49. The van der Waals surface area contributed by atoms with Crippen molar-refractivity contribution in [2.75, 3.05) is 38.2 Å². The molecule has 2 N–H and O–H groups in total. The first-order valence-corrected chi connectivity index (χ1v) is 13.5. The molecule has 196 valence electrons. The predicted molar refractivity (Wildman–Crippen MR) is 132 cm³/mol. The van der Waals surface area contributed by atoms with E-state index in [0.29, 0.717) is 30.1 Å². The van der Waals surface area contributed by atoms with Gasteiger partial charge in [-0.2, -0.15) is 4.31 Å². The molecular weight excluding hydrogens is 500 g/mol. The van der Waals surface area contributed by atoms with Crippen molar-refractivity contribution < 1.29 is 32.3 Å². The maximum atomic E-state index is 13.6. The van der Waals surface area contributed by atoms with Crippen LogP contribution in [0.2, 0.25) is 0 Å². The zero-order valence-electron chi connectivity index (χ0n) is 20.5. The van der Waals surface area contributed by atoms with Crippen molar-refractivity contribution in [1.82, 2.24) is 14.5 Å². The summed E-state index contributed by atoms with van der Waals surface area (Å²) in [5.41, 5.74) is 0.0226. The van der Waals surface area contributed by atoms with Gasteiger partial charge in [0.1, 0.15) is 11.8 Å². The first-order valence-electron chi connectivity index (χ1n) is 12.0. The molecule has 0 aliphatic carbocycles. The molecule has 12 heteroatoms. The molecule has 37 heavy (non-hydrogen) atoms. The third-order valence-electron chi connectivity index (χ3n) is 7.01. The van der Waals surface area contributed by atoms with Crippen molar-refractivity contribution in [2.45, 2.75) is 36.7 Å². The predicted octanol–water partition coefficient (Wildman–Crippen LogP) is 1.57. The van der Waals surface area contributed by atoms with Crippen LogP contribution in [0.15, 0.2) is 47.4 Å². The van der Waals surface area contributed by atoms with Gasteiger partial charge < -0.3 is 20.1 Å². The van der Waals surface area contributed by atoms with Crippen LogP contribution in [0.4, 0.5) is 10.5 Å². The summed E-state index contributed by atoms with van der Waals surface area (Å²) in [6.07, 6.45) is 0.236. The van der Waals surface area contributed by atoms with Crippen LogP contribution >= 0.6 is 0 Å². The van der Waals surface area contributed by atoms with E-state index in [1.807, 2.05) is 0 Å². The average Bonchev–Trinajstić information content (AvgIpc) is 3.14. The monoisotopic (exact) mass is 528 g/mol. The molecule has 3 aliphatic rings. The van der Waals surface area contributed by atoms with E-state index in [-0.39, 0.29) is 36.7 Å². The maximum absolute atomic E-state index is 13.6. The molecule has 0 saturated carbocycles. The number of rotatable bonds is 5. The summed E-state index contributed by atoms with van der Waals surface area (Å²) >= 11 is 0. The molecule has 1 spiro atoms. The number of morpholine rings is 1. The third kappa shape index (κ3) is 4.24. The van der Waals surface area contributed by atoms with Gasteiger partial charge in [-0.05, 0) is 37.6 Å². The number of carbonyl (C=O) groups excluding carboxylic acids is 3. The Morgan fingerprint density at radius 2 is 1.84 bits per heavy atom. The van der Waals surface area contributed by atoms with Crippen LogP contribution < -0.4 is 15.4 Å². The Labute approximate surface area is 214 Å². The first-order chi connectivity index (χ1) is 17.6. The fourth-order valence-corrected chi connectivity index (χ4v) is 6.60. The zero-order valence-corrected chi connectivity index (χ0v) is 21.3. The van der Waals surface area contributed by atoms with Gasteiger partial charge in [-0.25, -0.2) is 18.1 Å². The van der Waals surface area contributed by atoms with Crippen LogP contribution in [0.3, 0.4) is 0 Å². The topological polar surface area (TPSA) is 134 Å². The Bertz CT molecular complexity index is 1370. The van der Waals surface area contributed by atoms with Gasteiger partial charge in [0.15, 0.2) is 5.54 Å². The van der Waals surface area contributed by atoms with Crippen LogP contribution in [-0.2, 0) is 29.9 Å². The molecule has 5 rings (SSSR count). The van der Waals surface area contributed by atoms with E-state index in [1.165, 1.54) is 17.3 Å². The number of nitrogens with zero attached hydrogens (tertiary/aromatic N) is 2. The number of ether oxygens (including phenoxy) is 2. The summed E-state index contributed by atoms with van der Waals surface area (Å²) in [6.45, 7) is 4.50. The average molecular weight is 529 g/mol. The molecule has 2 saturated heterocycles. The van der Waals surface area contributed by atoms with Gasteiger partial charge in [0, 0.05) is 30.8 Å². The highest BCUT2D eigenvalue weighted by Gasteiger charge is 2.56. The zero-order chi connectivity index (χ0) is 26.4. The number of imide groups is 1. The van der Waals surface area contributed by atoms with E-state index < -0.39 is 39.4 Å². The molecule has 2 aromatic rings. The van der Waals surface area contributed by atoms with Crippen LogP contribution in [0.25, 0.3) is 0 Å². The fourth-order valence-electron chi connectivity index (χ4n) is 4.94. The summed E-state index contributed by atoms with van der Waals surface area (Å²) in [7, 11) is -3.79. The highest BCUT2D eigenvalue weighted by molar-refractivity contribution is 7.89. The number of benzene rings is 2. The number of carbonyl (C=O) groups is 3. The molecule has 0 bridgehead atoms. The van der Waals surface area contributed by atoms with E-state index in [1.54, 1.807) is 43.3 Å². The van der Waals surface area contributed by atoms with Gasteiger partial charge in [-0.3, -0.25) is 9.59 Å². The van der Waals surface area contributed by atoms with Crippen LogP contribution in [0.1, 0.15) is 24.5 Å². The van der Waals surface area contributed by atoms with E-state index in [2.05, 4.69) is 10.6 Å². The van der Waals surface area contributed by atoms with Crippen molar-refractivity contribution in [3.05, 3.63) is 53.6 Å². The number of anilines is 1. The summed E-state index contributed by atoms with van der Waals surface area (Å²) in [4.78, 5) is 40.7. The maximum Gasteiger partial charge on any atom is 0.326 e. The Balaban J connectivity index is 1.37. The number of aryl methyl sites for hydroxylation is 1. The number of amides is 4. The van der Waals surface area contributed by atoms with Crippen LogP contribution in [0.5, 0.6) is 5.75 Å². The Hall–Kier alpha value is -3.48. The molecule has 0 unspecified atom stereocenters. The molecule has 0 aromatic heterocycles. The van der Waals surface area contributed by atoms with Gasteiger partial charge in [0.25, 0.3) is 5.91 Å². The lowest BCUT2D eigenvalue weighted by molar-refractivity contribution is -0.137. The first kappa shape index (κ1) is 25.2. The summed E-state index contributed by atoms with van der Waals surface area (Å²) in [5.74, 6) is -0.648. The molecule has 11 nitrogen and oxygen atoms in total. The van der Waals surface area contributed by atoms with Crippen LogP contribution in [0, 0.1) is 6.92 Å².